The zero-order valence-corrected chi connectivity index (χ0v) is 15.7. The molecule has 0 saturated heterocycles. The van der Waals surface area contributed by atoms with Crippen LogP contribution >= 0.6 is 0 Å². The summed E-state index contributed by atoms with van der Waals surface area (Å²) in [4.78, 5) is 14.2. The molecule has 2 N–H and O–H groups in total. The Morgan fingerprint density at radius 3 is 2.43 bits per heavy atom. The molecule has 0 fully saturated rings. The van der Waals surface area contributed by atoms with Gasteiger partial charge in [-0.2, -0.15) is 5.10 Å². The molecule has 1 amide bonds. The van der Waals surface area contributed by atoms with E-state index in [4.69, 9.17) is 4.74 Å². The fourth-order valence-electron chi connectivity index (χ4n) is 2.46. The molecule has 3 rings (SSSR count). The first-order chi connectivity index (χ1) is 13.5. The van der Waals surface area contributed by atoms with Crippen LogP contribution in [0.4, 0.5) is 27.3 Å². The van der Waals surface area contributed by atoms with E-state index >= 15 is 0 Å². The van der Waals surface area contributed by atoms with E-state index in [0.29, 0.717) is 11.5 Å². The van der Waals surface area contributed by atoms with Crippen LogP contribution in [0, 0.1) is 5.82 Å². The number of benzene rings is 2. The summed E-state index contributed by atoms with van der Waals surface area (Å²) < 4.78 is 18.6. The number of hydrogen-bond acceptors (Lipinski definition) is 6. The van der Waals surface area contributed by atoms with E-state index in [2.05, 4.69) is 20.8 Å². The minimum Gasteiger partial charge on any atom is -0.494 e. The third kappa shape index (κ3) is 4.53. The van der Waals surface area contributed by atoms with Gasteiger partial charge >= 0.3 is 0 Å². The number of carbonyl (C=O) groups is 1. The SMILES string of the molecule is COc1ccc(C(=O)Nc2ccc(Nc3cc(N(C)C)cnn3)cc2)cc1F. The van der Waals surface area contributed by atoms with Gasteiger partial charge in [0.15, 0.2) is 17.4 Å². The molecule has 1 aromatic heterocycles. The van der Waals surface area contributed by atoms with Gasteiger partial charge in [-0.05, 0) is 42.5 Å². The molecule has 0 unspecified atom stereocenters. The van der Waals surface area contributed by atoms with Crippen LogP contribution in [0.2, 0.25) is 0 Å². The second kappa shape index (κ2) is 8.34. The summed E-state index contributed by atoms with van der Waals surface area (Å²) in [5, 5.41) is 13.9. The standard InChI is InChI=1S/C20H20FN5O2/c1-26(2)16-11-19(25-22-12-16)23-14-5-7-15(8-6-14)24-20(27)13-4-9-18(28-3)17(21)10-13/h4-12H,1-3H3,(H,23,25)(H,24,27). The van der Waals surface area contributed by atoms with Crippen LogP contribution in [-0.4, -0.2) is 37.3 Å². The molecule has 144 valence electrons. The molecular weight excluding hydrogens is 361 g/mol. The van der Waals surface area contributed by atoms with E-state index in [-0.39, 0.29) is 11.3 Å². The monoisotopic (exact) mass is 381 g/mol. The zero-order chi connectivity index (χ0) is 20.1. The Morgan fingerprint density at radius 2 is 1.79 bits per heavy atom. The van der Waals surface area contributed by atoms with Gasteiger partial charge in [0.25, 0.3) is 5.91 Å². The van der Waals surface area contributed by atoms with Crippen molar-refractivity contribution in [3.63, 3.8) is 0 Å². The molecule has 3 aromatic rings. The van der Waals surface area contributed by atoms with Gasteiger partial charge in [0.1, 0.15) is 0 Å². The maximum absolute atomic E-state index is 13.8. The number of carbonyl (C=O) groups excluding carboxylic acids is 1. The topological polar surface area (TPSA) is 79.4 Å². The predicted octanol–water partition coefficient (Wildman–Crippen LogP) is 3.69. The molecule has 0 aliphatic carbocycles. The number of halogens is 1. The minimum atomic E-state index is -0.587. The summed E-state index contributed by atoms with van der Waals surface area (Å²) >= 11 is 0. The summed E-state index contributed by atoms with van der Waals surface area (Å²) in [6.45, 7) is 0. The van der Waals surface area contributed by atoms with Crippen molar-refractivity contribution in [2.45, 2.75) is 0 Å². The van der Waals surface area contributed by atoms with Crippen LogP contribution < -0.4 is 20.3 Å². The molecule has 2 aromatic carbocycles. The van der Waals surface area contributed by atoms with Gasteiger partial charge in [0.05, 0.1) is 19.0 Å². The van der Waals surface area contributed by atoms with E-state index in [0.717, 1.165) is 17.4 Å². The Kier molecular flexibility index (Phi) is 5.69. The molecule has 7 nitrogen and oxygen atoms in total. The molecule has 0 aliphatic heterocycles. The highest BCUT2D eigenvalue weighted by Crippen LogP contribution is 2.21. The smallest absolute Gasteiger partial charge is 0.255 e. The zero-order valence-electron chi connectivity index (χ0n) is 15.7. The second-order valence-corrected chi connectivity index (χ2v) is 6.20. The molecule has 0 saturated carbocycles. The van der Waals surface area contributed by atoms with Crippen molar-refractivity contribution in [2.24, 2.45) is 0 Å². The summed E-state index contributed by atoms with van der Waals surface area (Å²) in [5.74, 6) is -0.298. The van der Waals surface area contributed by atoms with Crippen molar-refractivity contribution in [3.8, 4) is 5.75 Å². The first kappa shape index (κ1) is 19.1. The number of nitrogens with one attached hydrogen (secondary N) is 2. The fourth-order valence-corrected chi connectivity index (χ4v) is 2.46. The van der Waals surface area contributed by atoms with Crippen LogP contribution in [-0.2, 0) is 0 Å². The molecule has 1 heterocycles. The molecule has 0 radical (unpaired) electrons. The Morgan fingerprint density at radius 1 is 1.07 bits per heavy atom. The molecule has 0 spiro atoms. The molecule has 8 heteroatoms. The minimum absolute atomic E-state index is 0.0911. The maximum Gasteiger partial charge on any atom is 0.255 e. The van der Waals surface area contributed by atoms with Gasteiger partial charge in [-0.3, -0.25) is 4.79 Å². The van der Waals surface area contributed by atoms with Gasteiger partial charge in [-0.15, -0.1) is 5.10 Å². The van der Waals surface area contributed by atoms with Crippen molar-refractivity contribution < 1.29 is 13.9 Å². The third-order valence-electron chi connectivity index (χ3n) is 3.99. The fraction of sp³-hybridized carbons (Fsp3) is 0.150. The Hall–Kier alpha value is -3.68. The lowest BCUT2D eigenvalue weighted by atomic mass is 10.2. The maximum atomic E-state index is 13.8. The number of hydrogen-bond donors (Lipinski definition) is 2. The average Bonchev–Trinajstić information content (AvgIpc) is 2.69. The lowest BCUT2D eigenvalue weighted by Crippen LogP contribution is -2.12. The van der Waals surface area contributed by atoms with E-state index in [1.807, 2.05) is 25.1 Å². The number of rotatable bonds is 6. The lowest BCUT2D eigenvalue weighted by molar-refractivity contribution is 0.102. The van der Waals surface area contributed by atoms with Crippen molar-refractivity contribution in [3.05, 3.63) is 66.1 Å². The van der Waals surface area contributed by atoms with Gasteiger partial charge in [0, 0.05) is 37.1 Å². The first-order valence-electron chi connectivity index (χ1n) is 8.48. The van der Waals surface area contributed by atoms with Gasteiger partial charge in [-0.1, -0.05) is 0 Å². The Balaban J connectivity index is 1.66. The first-order valence-corrected chi connectivity index (χ1v) is 8.48. The third-order valence-corrected chi connectivity index (χ3v) is 3.99. The van der Waals surface area contributed by atoms with Crippen LogP contribution in [0.5, 0.6) is 5.75 Å². The van der Waals surface area contributed by atoms with Gasteiger partial charge in [-0.25, -0.2) is 4.39 Å². The summed E-state index contributed by atoms with van der Waals surface area (Å²) in [6.07, 6.45) is 1.67. The van der Waals surface area contributed by atoms with Crippen LogP contribution in [0.3, 0.4) is 0 Å². The molecular formula is C20H20FN5O2. The molecule has 28 heavy (non-hydrogen) atoms. The number of aromatic nitrogens is 2. The van der Waals surface area contributed by atoms with Crippen molar-refractivity contribution in [1.82, 2.24) is 10.2 Å². The highest BCUT2D eigenvalue weighted by atomic mass is 19.1. The number of nitrogens with zero attached hydrogens (tertiary/aromatic N) is 3. The Labute approximate surface area is 162 Å². The predicted molar refractivity (Wildman–Crippen MR) is 107 cm³/mol. The number of anilines is 4. The van der Waals surface area contributed by atoms with E-state index in [1.54, 1.807) is 30.5 Å². The van der Waals surface area contributed by atoms with E-state index in [1.165, 1.54) is 19.2 Å². The van der Waals surface area contributed by atoms with Crippen molar-refractivity contribution in [2.75, 3.05) is 36.7 Å². The highest BCUT2D eigenvalue weighted by Gasteiger charge is 2.10. The molecule has 0 atom stereocenters. The quantitative estimate of drug-likeness (QED) is 0.678. The van der Waals surface area contributed by atoms with Crippen LogP contribution in [0.15, 0.2) is 54.7 Å². The summed E-state index contributed by atoms with van der Waals surface area (Å²) in [5.41, 5.74) is 2.50. The largest absolute Gasteiger partial charge is 0.494 e. The average molecular weight is 381 g/mol. The molecule has 0 aliphatic rings. The number of amides is 1. The number of methoxy groups -OCH3 is 1. The molecule has 0 bridgehead atoms. The summed E-state index contributed by atoms with van der Waals surface area (Å²) in [7, 11) is 5.22. The highest BCUT2D eigenvalue weighted by molar-refractivity contribution is 6.04. The van der Waals surface area contributed by atoms with Gasteiger partial charge < -0.3 is 20.3 Å². The Bertz CT molecular complexity index is 977. The number of ether oxygens (including phenoxy) is 1. The van der Waals surface area contributed by atoms with Gasteiger partial charge in [0.2, 0.25) is 0 Å². The van der Waals surface area contributed by atoms with Crippen LogP contribution in [0.1, 0.15) is 10.4 Å². The second-order valence-electron chi connectivity index (χ2n) is 6.20. The van der Waals surface area contributed by atoms with E-state index in [9.17, 15) is 9.18 Å². The normalized spacial score (nSPS) is 10.3. The van der Waals surface area contributed by atoms with E-state index < -0.39 is 11.7 Å². The summed E-state index contributed by atoms with van der Waals surface area (Å²) in [6, 6.07) is 13.0. The van der Waals surface area contributed by atoms with Crippen molar-refractivity contribution >= 4 is 28.8 Å². The van der Waals surface area contributed by atoms with Crippen LogP contribution in [0.25, 0.3) is 0 Å². The van der Waals surface area contributed by atoms with Crippen molar-refractivity contribution in [1.29, 1.82) is 0 Å². The lowest BCUT2D eigenvalue weighted by Gasteiger charge is -2.13.